The first-order chi connectivity index (χ1) is 7.66. The molecule has 1 saturated heterocycles. The normalized spacial score (nSPS) is 21.6. The molecule has 0 aliphatic carbocycles. The number of amides is 2. The number of carbonyl (C=O) groups excluding carboxylic acids is 2. The van der Waals surface area contributed by atoms with Crippen LogP contribution in [0.25, 0.3) is 0 Å². The molecule has 2 rings (SSSR count). The Morgan fingerprint density at radius 2 is 2.50 bits per heavy atom. The van der Waals surface area contributed by atoms with E-state index in [1.165, 1.54) is 0 Å². The number of hydrogen-bond acceptors (Lipinski definition) is 3. The van der Waals surface area contributed by atoms with Gasteiger partial charge in [-0.2, -0.15) is 0 Å². The lowest BCUT2D eigenvalue weighted by Crippen LogP contribution is -2.42. The number of nitrogens with zero attached hydrogens (tertiary/aromatic N) is 1. The topological polar surface area (TPSA) is 86.9 Å². The largest absolute Gasteiger partial charge is 0.347 e. The fraction of sp³-hybridized carbons (Fsp3) is 0.500. The van der Waals surface area contributed by atoms with E-state index in [4.69, 9.17) is 0 Å². The molecule has 0 saturated carbocycles. The van der Waals surface area contributed by atoms with Crippen molar-refractivity contribution in [2.45, 2.75) is 31.8 Å². The summed E-state index contributed by atoms with van der Waals surface area (Å²) in [6.45, 7) is 1.84. The molecule has 2 heterocycles. The number of nitrogens with one attached hydrogen (secondary N) is 3. The summed E-state index contributed by atoms with van der Waals surface area (Å²) in [6.07, 6.45) is 4.33. The third-order valence-corrected chi connectivity index (χ3v) is 2.60. The second-order valence-electron chi connectivity index (χ2n) is 3.86. The smallest absolute Gasteiger partial charge is 0.243 e. The minimum Gasteiger partial charge on any atom is -0.347 e. The highest BCUT2D eigenvalue weighted by atomic mass is 16.2. The molecule has 1 aromatic rings. The van der Waals surface area contributed by atoms with Gasteiger partial charge in [-0.1, -0.05) is 0 Å². The zero-order valence-corrected chi connectivity index (χ0v) is 8.99. The molecule has 1 aliphatic heterocycles. The minimum absolute atomic E-state index is 0.0641. The van der Waals surface area contributed by atoms with Crippen molar-refractivity contribution in [3.05, 3.63) is 18.2 Å². The summed E-state index contributed by atoms with van der Waals surface area (Å²) < 4.78 is 0. The molecule has 2 atom stereocenters. The zero-order valence-electron chi connectivity index (χ0n) is 8.99. The highest BCUT2D eigenvalue weighted by Gasteiger charge is 2.28. The third-order valence-electron chi connectivity index (χ3n) is 2.60. The molecule has 2 amide bonds. The Morgan fingerprint density at radius 3 is 3.06 bits per heavy atom. The van der Waals surface area contributed by atoms with Crippen LogP contribution in [0.15, 0.2) is 12.4 Å². The van der Waals surface area contributed by atoms with Gasteiger partial charge in [-0.3, -0.25) is 9.59 Å². The van der Waals surface area contributed by atoms with Crippen molar-refractivity contribution in [1.82, 2.24) is 20.6 Å². The molecule has 0 aromatic carbocycles. The lowest BCUT2D eigenvalue weighted by molar-refractivity contribution is -0.126. The van der Waals surface area contributed by atoms with Crippen molar-refractivity contribution < 1.29 is 9.59 Å². The third kappa shape index (κ3) is 2.21. The van der Waals surface area contributed by atoms with Crippen LogP contribution in [0.3, 0.4) is 0 Å². The fourth-order valence-corrected chi connectivity index (χ4v) is 1.71. The van der Waals surface area contributed by atoms with Crippen molar-refractivity contribution in [2.24, 2.45) is 0 Å². The van der Waals surface area contributed by atoms with Crippen LogP contribution in [0.4, 0.5) is 0 Å². The maximum Gasteiger partial charge on any atom is 0.243 e. The molecule has 1 aromatic heterocycles. The minimum atomic E-state index is -0.398. The van der Waals surface area contributed by atoms with E-state index < -0.39 is 6.04 Å². The average Bonchev–Trinajstić information content (AvgIpc) is 2.87. The van der Waals surface area contributed by atoms with Gasteiger partial charge in [-0.25, -0.2) is 4.98 Å². The van der Waals surface area contributed by atoms with Crippen LogP contribution in [-0.2, 0) is 9.59 Å². The highest BCUT2D eigenvalue weighted by Crippen LogP contribution is 2.10. The molecule has 6 heteroatoms. The zero-order chi connectivity index (χ0) is 11.5. The van der Waals surface area contributed by atoms with E-state index in [0.29, 0.717) is 18.7 Å². The maximum atomic E-state index is 11.7. The summed E-state index contributed by atoms with van der Waals surface area (Å²) in [5, 5.41) is 5.42. The first-order valence-corrected chi connectivity index (χ1v) is 5.26. The number of carbonyl (C=O) groups is 2. The van der Waals surface area contributed by atoms with Crippen molar-refractivity contribution in [1.29, 1.82) is 0 Å². The van der Waals surface area contributed by atoms with E-state index in [0.717, 1.165) is 0 Å². The number of imidazole rings is 1. The number of H-pyrrole nitrogens is 1. The van der Waals surface area contributed by atoms with Gasteiger partial charge in [0.2, 0.25) is 11.8 Å². The molecule has 0 radical (unpaired) electrons. The molecular formula is C10H14N4O2. The second kappa shape index (κ2) is 4.34. The van der Waals surface area contributed by atoms with Crippen molar-refractivity contribution in [2.75, 3.05) is 0 Å². The van der Waals surface area contributed by atoms with Crippen molar-refractivity contribution in [3.8, 4) is 0 Å². The quantitative estimate of drug-likeness (QED) is 0.665. The van der Waals surface area contributed by atoms with Gasteiger partial charge in [-0.05, 0) is 13.3 Å². The van der Waals surface area contributed by atoms with Gasteiger partial charge in [0, 0.05) is 18.8 Å². The van der Waals surface area contributed by atoms with Crippen LogP contribution in [0.1, 0.15) is 31.6 Å². The Labute approximate surface area is 92.8 Å². The average molecular weight is 222 g/mol. The summed E-state index contributed by atoms with van der Waals surface area (Å²) in [7, 11) is 0. The van der Waals surface area contributed by atoms with Gasteiger partial charge in [-0.15, -0.1) is 0 Å². The molecule has 1 fully saturated rings. The van der Waals surface area contributed by atoms with E-state index in [1.807, 2.05) is 6.92 Å². The number of aromatic nitrogens is 2. The van der Waals surface area contributed by atoms with Crippen LogP contribution >= 0.6 is 0 Å². The van der Waals surface area contributed by atoms with Crippen LogP contribution in [-0.4, -0.2) is 27.8 Å². The van der Waals surface area contributed by atoms with Crippen LogP contribution in [0.5, 0.6) is 0 Å². The molecule has 0 bridgehead atoms. The summed E-state index contributed by atoms with van der Waals surface area (Å²) in [5.74, 6) is 0.484. The molecule has 86 valence electrons. The van der Waals surface area contributed by atoms with Crippen LogP contribution in [0, 0.1) is 0 Å². The van der Waals surface area contributed by atoms with E-state index >= 15 is 0 Å². The predicted molar refractivity (Wildman–Crippen MR) is 56.3 cm³/mol. The van der Waals surface area contributed by atoms with Gasteiger partial charge in [0.25, 0.3) is 0 Å². The molecule has 0 spiro atoms. The predicted octanol–water partition coefficient (Wildman–Crippen LogP) is -0.135. The molecule has 6 nitrogen and oxygen atoms in total. The summed E-state index contributed by atoms with van der Waals surface area (Å²) in [6, 6.07) is -0.579. The van der Waals surface area contributed by atoms with E-state index in [1.54, 1.807) is 12.4 Å². The standard InChI is InChI=1S/C10H14N4O2/c1-6(9-11-4-5-12-9)13-10(16)7-2-3-8(15)14-7/h4-7H,2-3H2,1H3,(H,11,12)(H,13,16)(H,14,15)/t6?,7-/m1/s1. The molecule has 16 heavy (non-hydrogen) atoms. The van der Waals surface area contributed by atoms with Gasteiger partial charge >= 0.3 is 0 Å². The lowest BCUT2D eigenvalue weighted by Gasteiger charge is -2.15. The number of rotatable bonds is 3. The molecule has 1 aliphatic rings. The summed E-state index contributed by atoms with van der Waals surface area (Å²) in [5.41, 5.74) is 0. The Hall–Kier alpha value is -1.85. The fourth-order valence-electron chi connectivity index (χ4n) is 1.71. The van der Waals surface area contributed by atoms with Crippen LogP contribution < -0.4 is 10.6 Å². The van der Waals surface area contributed by atoms with E-state index in [-0.39, 0.29) is 17.9 Å². The number of hydrogen-bond donors (Lipinski definition) is 3. The Kier molecular flexibility index (Phi) is 2.89. The molecule has 3 N–H and O–H groups in total. The summed E-state index contributed by atoms with van der Waals surface area (Å²) in [4.78, 5) is 29.7. The monoisotopic (exact) mass is 222 g/mol. The maximum absolute atomic E-state index is 11.7. The lowest BCUT2D eigenvalue weighted by atomic mass is 10.2. The molecule has 1 unspecified atom stereocenters. The molecular weight excluding hydrogens is 208 g/mol. The van der Waals surface area contributed by atoms with Gasteiger partial charge < -0.3 is 15.6 Å². The van der Waals surface area contributed by atoms with Gasteiger partial charge in [0.15, 0.2) is 0 Å². The van der Waals surface area contributed by atoms with E-state index in [2.05, 4.69) is 20.6 Å². The Balaban J connectivity index is 1.90. The van der Waals surface area contributed by atoms with Gasteiger partial charge in [0.05, 0.1) is 6.04 Å². The first kappa shape index (κ1) is 10.7. The first-order valence-electron chi connectivity index (χ1n) is 5.26. The van der Waals surface area contributed by atoms with Crippen LogP contribution in [0.2, 0.25) is 0 Å². The highest BCUT2D eigenvalue weighted by molar-refractivity contribution is 5.90. The van der Waals surface area contributed by atoms with E-state index in [9.17, 15) is 9.59 Å². The van der Waals surface area contributed by atoms with Crippen molar-refractivity contribution >= 4 is 11.8 Å². The number of aromatic amines is 1. The van der Waals surface area contributed by atoms with Gasteiger partial charge in [0.1, 0.15) is 11.9 Å². The SMILES string of the molecule is CC(NC(=O)[C@H]1CCC(=O)N1)c1ncc[nH]1. The second-order valence-corrected chi connectivity index (χ2v) is 3.86. The summed E-state index contributed by atoms with van der Waals surface area (Å²) >= 11 is 0. The van der Waals surface area contributed by atoms with Crippen molar-refractivity contribution in [3.63, 3.8) is 0 Å². The Morgan fingerprint density at radius 1 is 1.69 bits per heavy atom. The Bertz CT molecular complexity index is 388.